The van der Waals surface area contributed by atoms with Gasteiger partial charge in [0, 0.05) is 6.04 Å². The van der Waals surface area contributed by atoms with Crippen molar-refractivity contribution < 1.29 is 14.3 Å². The second-order valence-electron chi connectivity index (χ2n) is 5.00. The monoisotopic (exact) mass is 277 g/mol. The molecule has 110 valence electrons. The molecule has 0 spiro atoms. The maximum Gasteiger partial charge on any atom is 0.308 e. The normalized spacial score (nSPS) is 17.4. The quantitative estimate of drug-likeness (QED) is 0.812. The summed E-state index contributed by atoms with van der Waals surface area (Å²) < 4.78 is 10.4. The molecule has 1 aromatic carbocycles. The summed E-state index contributed by atoms with van der Waals surface area (Å²) in [6, 6.07) is 6.62. The first-order chi connectivity index (χ1) is 9.76. The van der Waals surface area contributed by atoms with Crippen molar-refractivity contribution in [1.29, 1.82) is 0 Å². The molecule has 0 aromatic heterocycles. The minimum atomic E-state index is -0.236. The van der Waals surface area contributed by atoms with Crippen molar-refractivity contribution in [3.8, 4) is 5.75 Å². The van der Waals surface area contributed by atoms with Crippen molar-refractivity contribution in [2.45, 2.75) is 38.6 Å². The number of esters is 1. The number of carbonyl (C=O) groups is 1. The van der Waals surface area contributed by atoms with Crippen LogP contribution in [-0.4, -0.2) is 26.2 Å². The van der Waals surface area contributed by atoms with Gasteiger partial charge in [-0.15, -0.1) is 0 Å². The Morgan fingerprint density at radius 3 is 3.05 bits per heavy atom. The Morgan fingerprint density at radius 1 is 1.45 bits per heavy atom. The van der Waals surface area contributed by atoms with Crippen LogP contribution in [0.15, 0.2) is 18.2 Å². The number of fused-ring (bicyclic) bond motifs is 1. The van der Waals surface area contributed by atoms with Gasteiger partial charge in [-0.1, -0.05) is 19.1 Å². The van der Waals surface area contributed by atoms with E-state index in [1.54, 1.807) is 0 Å². The van der Waals surface area contributed by atoms with E-state index in [1.807, 2.05) is 12.1 Å². The summed E-state index contributed by atoms with van der Waals surface area (Å²) in [7, 11) is 1.40. The second-order valence-corrected chi connectivity index (χ2v) is 5.00. The minimum Gasteiger partial charge on any atom is -0.493 e. The zero-order valence-corrected chi connectivity index (χ0v) is 12.3. The summed E-state index contributed by atoms with van der Waals surface area (Å²) in [6.45, 7) is 3.47. The Balaban J connectivity index is 2.07. The molecule has 0 fully saturated rings. The van der Waals surface area contributed by atoms with Crippen molar-refractivity contribution in [2.24, 2.45) is 0 Å². The van der Waals surface area contributed by atoms with Crippen molar-refractivity contribution in [1.82, 2.24) is 5.32 Å². The molecule has 1 aliphatic carbocycles. The Bertz CT molecular complexity index is 459. The lowest BCUT2D eigenvalue weighted by Gasteiger charge is -2.27. The number of hydrogen-bond acceptors (Lipinski definition) is 4. The van der Waals surface area contributed by atoms with E-state index in [0.717, 1.165) is 18.7 Å². The Kier molecular flexibility index (Phi) is 5.41. The molecule has 1 atom stereocenters. The van der Waals surface area contributed by atoms with Gasteiger partial charge in [-0.3, -0.25) is 4.79 Å². The Labute approximate surface area is 120 Å². The third kappa shape index (κ3) is 3.51. The van der Waals surface area contributed by atoms with Gasteiger partial charge < -0.3 is 14.8 Å². The Hall–Kier alpha value is -1.55. The number of hydrogen-bond donors (Lipinski definition) is 1. The zero-order chi connectivity index (χ0) is 14.4. The van der Waals surface area contributed by atoms with Crippen LogP contribution in [0.5, 0.6) is 5.75 Å². The first kappa shape index (κ1) is 14.9. The largest absolute Gasteiger partial charge is 0.493 e. The van der Waals surface area contributed by atoms with Crippen LogP contribution in [0.1, 0.15) is 43.4 Å². The highest BCUT2D eigenvalue weighted by Crippen LogP contribution is 2.35. The molecule has 0 amide bonds. The van der Waals surface area contributed by atoms with Crippen LogP contribution in [0.3, 0.4) is 0 Å². The molecule has 20 heavy (non-hydrogen) atoms. The molecule has 1 unspecified atom stereocenters. The fourth-order valence-electron chi connectivity index (χ4n) is 2.76. The number of benzene rings is 1. The van der Waals surface area contributed by atoms with E-state index in [1.165, 1.54) is 31.1 Å². The highest BCUT2D eigenvalue weighted by Gasteiger charge is 2.22. The average Bonchev–Trinajstić information content (AvgIpc) is 2.48. The third-order valence-electron chi connectivity index (χ3n) is 3.71. The van der Waals surface area contributed by atoms with Gasteiger partial charge in [-0.05, 0) is 43.0 Å². The fraction of sp³-hybridized carbons (Fsp3) is 0.562. The summed E-state index contributed by atoms with van der Waals surface area (Å²) in [6.07, 6.45) is 3.68. The predicted octanol–water partition coefficient (Wildman–Crippen LogP) is 2.62. The molecule has 1 aromatic rings. The molecule has 4 nitrogen and oxygen atoms in total. The summed E-state index contributed by atoms with van der Waals surface area (Å²) in [5.41, 5.74) is 2.63. The van der Waals surface area contributed by atoms with Crippen LogP contribution in [0.2, 0.25) is 0 Å². The van der Waals surface area contributed by atoms with Gasteiger partial charge in [0.2, 0.25) is 0 Å². The second kappa shape index (κ2) is 7.29. The van der Waals surface area contributed by atoms with Crippen LogP contribution in [0.25, 0.3) is 0 Å². The van der Waals surface area contributed by atoms with Crippen LogP contribution < -0.4 is 10.1 Å². The SMILES string of the molecule is CCNC1CCCc2c(OCCC(=O)OC)cccc21. The molecular weight excluding hydrogens is 254 g/mol. The summed E-state index contributed by atoms with van der Waals surface area (Å²) >= 11 is 0. The maximum atomic E-state index is 11.1. The molecule has 0 saturated heterocycles. The van der Waals surface area contributed by atoms with E-state index in [2.05, 4.69) is 23.0 Å². The predicted molar refractivity (Wildman–Crippen MR) is 77.9 cm³/mol. The highest BCUT2D eigenvalue weighted by molar-refractivity contribution is 5.69. The van der Waals surface area contributed by atoms with Gasteiger partial charge in [-0.25, -0.2) is 0 Å². The lowest BCUT2D eigenvalue weighted by molar-refractivity contribution is -0.141. The Morgan fingerprint density at radius 2 is 2.30 bits per heavy atom. The smallest absolute Gasteiger partial charge is 0.308 e. The number of methoxy groups -OCH3 is 1. The van der Waals surface area contributed by atoms with Crippen molar-refractivity contribution in [3.63, 3.8) is 0 Å². The summed E-state index contributed by atoms with van der Waals surface area (Å²) in [5, 5.41) is 3.52. The fourth-order valence-corrected chi connectivity index (χ4v) is 2.76. The van der Waals surface area contributed by atoms with E-state index in [-0.39, 0.29) is 12.4 Å². The van der Waals surface area contributed by atoms with Gasteiger partial charge in [0.05, 0.1) is 20.1 Å². The van der Waals surface area contributed by atoms with Crippen LogP contribution in [-0.2, 0) is 16.0 Å². The highest BCUT2D eigenvalue weighted by atomic mass is 16.5. The van der Waals surface area contributed by atoms with E-state index in [4.69, 9.17) is 4.74 Å². The molecular formula is C16H23NO3. The van der Waals surface area contributed by atoms with E-state index in [9.17, 15) is 4.79 Å². The van der Waals surface area contributed by atoms with Gasteiger partial charge in [0.25, 0.3) is 0 Å². The number of ether oxygens (including phenoxy) is 2. The average molecular weight is 277 g/mol. The molecule has 0 aliphatic heterocycles. The zero-order valence-electron chi connectivity index (χ0n) is 12.3. The first-order valence-corrected chi connectivity index (χ1v) is 7.31. The van der Waals surface area contributed by atoms with Gasteiger partial charge >= 0.3 is 5.97 Å². The lowest BCUT2D eigenvalue weighted by Crippen LogP contribution is -2.25. The lowest BCUT2D eigenvalue weighted by atomic mass is 9.87. The van der Waals surface area contributed by atoms with Crippen LogP contribution in [0, 0.1) is 0 Å². The third-order valence-corrected chi connectivity index (χ3v) is 3.71. The molecule has 1 aliphatic rings. The minimum absolute atomic E-state index is 0.236. The van der Waals surface area contributed by atoms with E-state index >= 15 is 0 Å². The summed E-state index contributed by atoms with van der Waals surface area (Å²) in [4.78, 5) is 11.1. The molecule has 0 heterocycles. The summed E-state index contributed by atoms with van der Waals surface area (Å²) in [5.74, 6) is 0.675. The molecule has 0 saturated carbocycles. The van der Waals surface area contributed by atoms with Crippen LogP contribution >= 0.6 is 0 Å². The standard InChI is InChI=1S/C16H23NO3/c1-3-17-14-8-4-7-13-12(14)6-5-9-15(13)20-11-10-16(18)19-2/h5-6,9,14,17H,3-4,7-8,10-11H2,1-2H3. The topological polar surface area (TPSA) is 47.6 Å². The molecule has 1 N–H and O–H groups in total. The molecule has 4 heteroatoms. The van der Waals surface area contributed by atoms with Gasteiger partial charge in [0.15, 0.2) is 0 Å². The number of nitrogens with one attached hydrogen (secondary N) is 1. The maximum absolute atomic E-state index is 11.1. The van der Waals surface area contributed by atoms with E-state index < -0.39 is 0 Å². The number of rotatable bonds is 6. The van der Waals surface area contributed by atoms with Crippen LogP contribution in [0.4, 0.5) is 0 Å². The van der Waals surface area contributed by atoms with Crippen molar-refractivity contribution >= 4 is 5.97 Å². The van der Waals surface area contributed by atoms with Gasteiger partial charge in [-0.2, -0.15) is 0 Å². The van der Waals surface area contributed by atoms with Crippen molar-refractivity contribution in [3.05, 3.63) is 29.3 Å². The molecule has 0 bridgehead atoms. The molecule has 0 radical (unpaired) electrons. The molecule has 2 rings (SSSR count). The van der Waals surface area contributed by atoms with E-state index in [0.29, 0.717) is 12.6 Å². The van der Waals surface area contributed by atoms with Crippen molar-refractivity contribution in [2.75, 3.05) is 20.3 Å². The first-order valence-electron chi connectivity index (χ1n) is 7.31. The number of carbonyl (C=O) groups excluding carboxylic acids is 1. The van der Waals surface area contributed by atoms with Gasteiger partial charge in [0.1, 0.15) is 5.75 Å².